The average molecular weight is 539 g/mol. The quantitative estimate of drug-likeness (QED) is 0.187. The van der Waals surface area contributed by atoms with Crippen molar-refractivity contribution >= 4 is 6.08 Å². The molecule has 0 saturated carbocycles. The van der Waals surface area contributed by atoms with Gasteiger partial charge in [-0.15, -0.1) is 0 Å². The molecule has 0 radical (unpaired) electrons. The number of aliphatic hydroxyl groups is 6. The number of aliphatic hydroxyl groups excluding tert-OH is 6. The van der Waals surface area contributed by atoms with Gasteiger partial charge in [-0.05, 0) is 35.4 Å². The fourth-order valence-corrected chi connectivity index (χ4v) is 4.01. The van der Waals surface area contributed by atoms with Crippen molar-refractivity contribution in [3.63, 3.8) is 0 Å². The lowest BCUT2D eigenvalue weighted by molar-refractivity contribution is -0.318. The van der Waals surface area contributed by atoms with Gasteiger partial charge in [0.15, 0.2) is 35.4 Å². The molecule has 38 heavy (non-hydrogen) atoms. The van der Waals surface area contributed by atoms with E-state index in [-0.39, 0.29) is 23.9 Å². The van der Waals surface area contributed by atoms with Crippen molar-refractivity contribution in [2.75, 3.05) is 34.0 Å². The molecule has 7 N–H and O–H groups in total. The van der Waals surface area contributed by atoms with E-state index in [9.17, 15) is 30.6 Å². The molecule has 1 saturated heterocycles. The maximum Gasteiger partial charge on any atom is 0.187 e. The summed E-state index contributed by atoms with van der Waals surface area (Å²) in [4.78, 5) is 0. The number of benzene rings is 2. The Balaban J connectivity index is 1.98. The fourth-order valence-electron chi connectivity index (χ4n) is 4.01. The molecule has 0 aromatic heterocycles. The second-order valence-corrected chi connectivity index (χ2v) is 8.52. The molecule has 12 nitrogen and oxygen atoms in total. The first-order valence-electron chi connectivity index (χ1n) is 11.8. The first-order valence-corrected chi connectivity index (χ1v) is 11.8. The van der Waals surface area contributed by atoms with Gasteiger partial charge in [0.05, 0.1) is 34.0 Å². The van der Waals surface area contributed by atoms with Gasteiger partial charge < -0.3 is 59.4 Å². The second-order valence-electron chi connectivity index (χ2n) is 8.52. The molecule has 3 rings (SSSR count). The van der Waals surface area contributed by atoms with Crippen LogP contribution in [0.15, 0.2) is 42.5 Å². The zero-order chi connectivity index (χ0) is 27.8. The normalized spacial score (nSPS) is 25.2. The molecule has 0 aliphatic carbocycles. The summed E-state index contributed by atoms with van der Waals surface area (Å²) < 4.78 is 28.2. The van der Waals surface area contributed by atoms with Crippen LogP contribution in [0.4, 0.5) is 0 Å². The third-order valence-corrected chi connectivity index (χ3v) is 6.06. The summed E-state index contributed by atoms with van der Waals surface area (Å²) in [7, 11) is 2.78. The van der Waals surface area contributed by atoms with Gasteiger partial charge in [0.25, 0.3) is 0 Å². The smallest absolute Gasteiger partial charge is 0.187 e. The Kier molecular flexibility index (Phi) is 10.7. The number of aromatic hydroxyl groups is 1. The number of hydrogen-bond acceptors (Lipinski definition) is 12. The van der Waals surface area contributed by atoms with Gasteiger partial charge in [-0.3, -0.25) is 0 Å². The highest BCUT2D eigenvalue weighted by Gasteiger charge is 2.46. The number of ether oxygens (including phenoxy) is 5. The molecular formula is C26H34O12. The Bertz CT molecular complexity index is 1060. The monoisotopic (exact) mass is 538 g/mol. The molecule has 1 heterocycles. The van der Waals surface area contributed by atoms with E-state index >= 15 is 0 Å². The predicted molar refractivity (Wildman–Crippen MR) is 133 cm³/mol. The van der Waals surface area contributed by atoms with Crippen LogP contribution in [-0.4, -0.2) is 107 Å². The van der Waals surface area contributed by atoms with Crippen LogP contribution in [0.3, 0.4) is 0 Å². The topological polar surface area (TPSA) is 188 Å². The molecule has 2 aromatic carbocycles. The van der Waals surface area contributed by atoms with Crippen molar-refractivity contribution in [2.45, 2.75) is 42.9 Å². The second kappa shape index (κ2) is 13.7. The molecular weight excluding hydrogens is 504 g/mol. The van der Waals surface area contributed by atoms with Crippen LogP contribution in [-0.2, 0) is 9.47 Å². The standard InChI is InChI=1S/C26H34O12/c1-34-18-11-15(6-7-16(18)30)25(38-26-24(33)23(32)22(31)20(12-28)37-26)21(13-29)36-17-8-5-14(4-3-9-27)10-19(17)35-2/h3-8,10-11,20-33H,9,12-13H2,1-2H3/t20-,21?,22-,23+,24-,25?,26+/m1/s1. The van der Waals surface area contributed by atoms with E-state index in [1.165, 1.54) is 32.4 Å². The molecule has 12 heteroatoms. The van der Waals surface area contributed by atoms with E-state index in [4.69, 9.17) is 28.8 Å². The zero-order valence-electron chi connectivity index (χ0n) is 21.0. The minimum atomic E-state index is -1.71. The molecule has 1 aliphatic rings. The molecule has 0 spiro atoms. The summed E-state index contributed by atoms with van der Waals surface area (Å²) in [5.41, 5.74) is 1.07. The van der Waals surface area contributed by atoms with Crippen molar-refractivity contribution in [2.24, 2.45) is 0 Å². The van der Waals surface area contributed by atoms with Crippen LogP contribution in [0.1, 0.15) is 17.2 Å². The molecule has 2 aromatic rings. The van der Waals surface area contributed by atoms with Crippen molar-refractivity contribution in [1.82, 2.24) is 0 Å². The van der Waals surface area contributed by atoms with Crippen LogP contribution in [0, 0.1) is 0 Å². The van der Waals surface area contributed by atoms with Crippen LogP contribution in [0.25, 0.3) is 6.08 Å². The Hall–Kier alpha value is -2.94. The zero-order valence-corrected chi connectivity index (χ0v) is 21.0. The van der Waals surface area contributed by atoms with Gasteiger partial charge in [-0.1, -0.05) is 24.3 Å². The minimum absolute atomic E-state index is 0.0965. The lowest BCUT2D eigenvalue weighted by atomic mass is 9.98. The molecule has 2 unspecified atom stereocenters. The summed E-state index contributed by atoms with van der Waals surface area (Å²) in [6.07, 6.45) is -6.84. The molecule has 7 atom stereocenters. The molecule has 0 bridgehead atoms. The highest BCUT2D eigenvalue weighted by molar-refractivity contribution is 5.56. The lowest BCUT2D eigenvalue weighted by Crippen LogP contribution is -2.59. The summed E-state index contributed by atoms with van der Waals surface area (Å²) in [5.74, 6) is 0.496. The summed E-state index contributed by atoms with van der Waals surface area (Å²) in [6, 6.07) is 9.23. The van der Waals surface area contributed by atoms with E-state index in [0.717, 1.165) is 5.56 Å². The van der Waals surface area contributed by atoms with Gasteiger partial charge in [-0.25, -0.2) is 0 Å². The Morgan fingerprint density at radius 2 is 1.63 bits per heavy atom. The number of phenols is 1. The van der Waals surface area contributed by atoms with Crippen LogP contribution in [0.5, 0.6) is 23.0 Å². The molecule has 0 amide bonds. The van der Waals surface area contributed by atoms with E-state index in [2.05, 4.69) is 0 Å². The van der Waals surface area contributed by atoms with Crippen molar-refractivity contribution < 1.29 is 59.4 Å². The van der Waals surface area contributed by atoms with Crippen LogP contribution >= 0.6 is 0 Å². The maximum absolute atomic E-state index is 10.5. The number of rotatable bonds is 12. The van der Waals surface area contributed by atoms with Gasteiger partial charge in [0, 0.05) is 0 Å². The Morgan fingerprint density at radius 1 is 0.895 bits per heavy atom. The maximum atomic E-state index is 10.5. The largest absolute Gasteiger partial charge is 0.504 e. The summed E-state index contributed by atoms with van der Waals surface area (Å²) in [5, 5.41) is 69.8. The predicted octanol–water partition coefficient (Wildman–Crippen LogP) is -0.288. The lowest BCUT2D eigenvalue weighted by Gasteiger charge is -2.41. The number of phenolic OH excluding ortho intramolecular Hbond substituents is 1. The van der Waals surface area contributed by atoms with Gasteiger partial charge in [-0.2, -0.15) is 0 Å². The molecule has 1 fully saturated rings. The van der Waals surface area contributed by atoms with Gasteiger partial charge in [0.1, 0.15) is 30.5 Å². The van der Waals surface area contributed by atoms with Crippen LogP contribution < -0.4 is 14.2 Å². The van der Waals surface area contributed by atoms with E-state index < -0.39 is 56.1 Å². The third-order valence-electron chi connectivity index (χ3n) is 6.06. The SMILES string of the molecule is COc1cc(C(O[C@@H]2O[C@H](CO)[C@@H](O)[C@H](O)[C@H]2O)C(CO)Oc2ccc(C=CCO)cc2OC)ccc1O. The van der Waals surface area contributed by atoms with Crippen molar-refractivity contribution in [1.29, 1.82) is 0 Å². The highest BCUT2D eigenvalue weighted by atomic mass is 16.7. The van der Waals surface area contributed by atoms with Gasteiger partial charge >= 0.3 is 0 Å². The molecule has 210 valence electrons. The fraction of sp³-hybridized carbons (Fsp3) is 0.462. The number of hydrogen-bond donors (Lipinski definition) is 7. The third kappa shape index (κ3) is 6.73. The first kappa shape index (κ1) is 29.6. The van der Waals surface area contributed by atoms with Crippen molar-refractivity contribution in [3.8, 4) is 23.0 Å². The first-order chi connectivity index (χ1) is 18.3. The highest BCUT2D eigenvalue weighted by Crippen LogP contribution is 2.37. The van der Waals surface area contributed by atoms with E-state index in [1.54, 1.807) is 30.4 Å². The minimum Gasteiger partial charge on any atom is -0.504 e. The van der Waals surface area contributed by atoms with E-state index in [0.29, 0.717) is 11.3 Å². The van der Waals surface area contributed by atoms with E-state index in [1.807, 2.05) is 0 Å². The Labute approximate surface area is 219 Å². The van der Waals surface area contributed by atoms with Crippen molar-refractivity contribution in [3.05, 3.63) is 53.6 Å². The summed E-state index contributed by atoms with van der Waals surface area (Å²) >= 11 is 0. The average Bonchev–Trinajstić information content (AvgIpc) is 2.94. The number of methoxy groups -OCH3 is 2. The van der Waals surface area contributed by atoms with Crippen LogP contribution in [0.2, 0.25) is 0 Å². The van der Waals surface area contributed by atoms with Gasteiger partial charge in [0.2, 0.25) is 0 Å². The molecule has 1 aliphatic heterocycles. The Morgan fingerprint density at radius 3 is 2.26 bits per heavy atom. The summed E-state index contributed by atoms with van der Waals surface area (Å²) in [6.45, 7) is -1.39.